The zero-order valence-corrected chi connectivity index (χ0v) is 19.8. The maximum atomic E-state index is 13.3. The molecule has 0 aliphatic heterocycles. The van der Waals surface area contributed by atoms with Gasteiger partial charge in [0, 0.05) is 18.7 Å². The van der Waals surface area contributed by atoms with Crippen molar-refractivity contribution in [3.05, 3.63) is 98.8 Å². The Hall–Kier alpha value is -4.18. The number of rotatable bonds is 8. The number of para-hydroxylation sites is 1. The van der Waals surface area contributed by atoms with Gasteiger partial charge in [0.05, 0.1) is 33.9 Å². The summed E-state index contributed by atoms with van der Waals surface area (Å²) in [5, 5.41) is 14.1. The van der Waals surface area contributed by atoms with Crippen LogP contribution < -0.4 is 15.6 Å². The molecule has 0 bridgehead atoms. The van der Waals surface area contributed by atoms with Crippen molar-refractivity contribution in [3.8, 4) is 11.4 Å². The Kier molecular flexibility index (Phi) is 7.11. The number of non-ortho nitro benzene ring substituents is 1. The van der Waals surface area contributed by atoms with Gasteiger partial charge in [0.1, 0.15) is 5.75 Å². The van der Waals surface area contributed by atoms with Gasteiger partial charge in [-0.25, -0.2) is 4.98 Å². The van der Waals surface area contributed by atoms with E-state index in [-0.39, 0.29) is 17.2 Å². The molecule has 3 aromatic carbocycles. The number of amides is 1. The van der Waals surface area contributed by atoms with Gasteiger partial charge in [-0.3, -0.25) is 24.3 Å². The highest BCUT2D eigenvalue weighted by molar-refractivity contribution is 8.00. The summed E-state index contributed by atoms with van der Waals surface area (Å²) in [5.74, 6) is 0.513. The number of benzene rings is 3. The minimum absolute atomic E-state index is 0.0870. The summed E-state index contributed by atoms with van der Waals surface area (Å²) in [6, 6.07) is 20.0. The number of nitrogens with zero attached hydrogens (tertiary/aromatic N) is 3. The third-order valence-electron chi connectivity index (χ3n) is 5.34. The third-order valence-corrected chi connectivity index (χ3v) is 6.39. The number of nitro groups is 1. The van der Waals surface area contributed by atoms with Gasteiger partial charge in [-0.15, -0.1) is 0 Å². The van der Waals surface area contributed by atoms with Crippen LogP contribution in [0.3, 0.4) is 0 Å². The van der Waals surface area contributed by atoms with Crippen molar-refractivity contribution < 1.29 is 14.5 Å². The number of hydrogen-bond acceptors (Lipinski definition) is 7. The molecule has 1 heterocycles. The maximum Gasteiger partial charge on any atom is 0.269 e. The first-order chi connectivity index (χ1) is 16.9. The predicted octanol–water partition coefficient (Wildman–Crippen LogP) is 4.10. The van der Waals surface area contributed by atoms with E-state index in [0.29, 0.717) is 28.3 Å². The van der Waals surface area contributed by atoms with Gasteiger partial charge in [-0.2, -0.15) is 0 Å². The molecule has 1 amide bonds. The number of carbonyl (C=O) groups is 1. The van der Waals surface area contributed by atoms with Crippen LogP contribution in [0.25, 0.3) is 16.6 Å². The molecule has 9 nitrogen and oxygen atoms in total. The van der Waals surface area contributed by atoms with Crippen molar-refractivity contribution >= 4 is 34.3 Å². The van der Waals surface area contributed by atoms with Crippen LogP contribution in [-0.2, 0) is 11.3 Å². The first-order valence-corrected chi connectivity index (χ1v) is 11.6. The zero-order valence-electron chi connectivity index (χ0n) is 19.0. The summed E-state index contributed by atoms with van der Waals surface area (Å²) >= 11 is 1.14. The molecule has 0 spiro atoms. The highest BCUT2D eigenvalue weighted by Crippen LogP contribution is 2.26. The molecule has 10 heteroatoms. The second kappa shape index (κ2) is 10.4. The largest absolute Gasteiger partial charge is 0.497 e. The molecule has 0 radical (unpaired) electrons. The molecular formula is C25H22N4O5S. The molecule has 0 saturated carbocycles. The number of ether oxygens (including phenoxy) is 1. The zero-order chi connectivity index (χ0) is 24.9. The van der Waals surface area contributed by atoms with Crippen LogP contribution in [0.1, 0.15) is 12.5 Å². The first kappa shape index (κ1) is 24.0. The van der Waals surface area contributed by atoms with E-state index in [0.717, 1.165) is 23.1 Å². The molecule has 0 saturated heterocycles. The van der Waals surface area contributed by atoms with E-state index in [4.69, 9.17) is 4.74 Å². The van der Waals surface area contributed by atoms with Gasteiger partial charge in [0.25, 0.3) is 11.2 Å². The van der Waals surface area contributed by atoms with E-state index < -0.39 is 10.2 Å². The van der Waals surface area contributed by atoms with Crippen LogP contribution >= 0.6 is 11.8 Å². The van der Waals surface area contributed by atoms with Crippen LogP contribution in [-0.4, -0.2) is 32.7 Å². The number of aromatic nitrogens is 2. The lowest BCUT2D eigenvalue weighted by atomic mass is 10.2. The molecule has 4 rings (SSSR count). The van der Waals surface area contributed by atoms with Crippen molar-refractivity contribution in [1.29, 1.82) is 0 Å². The summed E-state index contributed by atoms with van der Waals surface area (Å²) in [5.41, 5.74) is 1.44. The number of hydrogen-bond donors (Lipinski definition) is 1. The maximum absolute atomic E-state index is 13.3. The Balaban J connectivity index is 1.61. The predicted molar refractivity (Wildman–Crippen MR) is 134 cm³/mol. The molecule has 1 N–H and O–H groups in total. The van der Waals surface area contributed by atoms with Crippen molar-refractivity contribution in [2.75, 3.05) is 7.11 Å². The Morgan fingerprint density at radius 1 is 1.11 bits per heavy atom. The third kappa shape index (κ3) is 5.33. The number of carbonyl (C=O) groups excluding carboxylic acids is 1. The van der Waals surface area contributed by atoms with Crippen molar-refractivity contribution in [1.82, 2.24) is 14.9 Å². The number of thioether (sulfide) groups is 1. The molecule has 0 unspecified atom stereocenters. The summed E-state index contributed by atoms with van der Waals surface area (Å²) < 4.78 is 6.53. The average molecular weight is 491 g/mol. The van der Waals surface area contributed by atoms with Crippen molar-refractivity contribution in [2.24, 2.45) is 0 Å². The van der Waals surface area contributed by atoms with Crippen LogP contribution in [0, 0.1) is 10.1 Å². The Labute approximate surface area is 204 Å². The summed E-state index contributed by atoms with van der Waals surface area (Å²) in [7, 11) is 1.59. The van der Waals surface area contributed by atoms with Gasteiger partial charge in [0.2, 0.25) is 5.91 Å². The van der Waals surface area contributed by atoms with E-state index in [2.05, 4.69) is 10.3 Å². The van der Waals surface area contributed by atoms with E-state index in [9.17, 15) is 19.7 Å². The molecule has 1 aromatic heterocycles. The average Bonchev–Trinajstić information content (AvgIpc) is 2.88. The molecule has 35 heavy (non-hydrogen) atoms. The van der Waals surface area contributed by atoms with Gasteiger partial charge >= 0.3 is 0 Å². The Bertz CT molecular complexity index is 1440. The molecular weight excluding hydrogens is 468 g/mol. The fraction of sp³-hybridized carbons (Fsp3) is 0.160. The second-order valence-corrected chi connectivity index (χ2v) is 8.96. The lowest BCUT2D eigenvalue weighted by Gasteiger charge is -2.16. The molecule has 0 aliphatic rings. The monoisotopic (exact) mass is 490 g/mol. The number of fused-ring (bicyclic) bond motifs is 1. The topological polar surface area (TPSA) is 116 Å². The fourth-order valence-corrected chi connectivity index (χ4v) is 4.38. The minimum Gasteiger partial charge on any atom is -0.497 e. The van der Waals surface area contributed by atoms with E-state index >= 15 is 0 Å². The highest BCUT2D eigenvalue weighted by atomic mass is 32.2. The number of nitro benzene ring substituents is 1. The molecule has 0 fully saturated rings. The Morgan fingerprint density at radius 3 is 2.46 bits per heavy atom. The highest BCUT2D eigenvalue weighted by Gasteiger charge is 2.20. The SMILES string of the molecule is COc1ccc(CNC(=O)[C@H](C)Sc2nc3ccccc3c(=O)n2-c2ccc([N+](=O)[O-])cc2)cc1. The molecule has 0 aliphatic carbocycles. The fourth-order valence-electron chi connectivity index (χ4n) is 3.43. The van der Waals surface area contributed by atoms with Crippen molar-refractivity contribution in [2.45, 2.75) is 23.9 Å². The van der Waals surface area contributed by atoms with Gasteiger partial charge in [-0.1, -0.05) is 36.0 Å². The normalized spacial score (nSPS) is 11.7. The van der Waals surface area contributed by atoms with E-state index in [1.165, 1.54) is 28.8 Å². The minimum atomic E-state index is -0.564. The molecule has 4 aromatic rings. The lowest BCUT2D eigenvalue weighted by molar-refractivity contribution is -0.384. The molecule has 1 atom stereocenters. The van der Waals surface area contributed by atoms with Gasteiger partial charge in [-0.05, 0) is 48.9 Å². The van der Waals surface area contributed by atoms with Crippen LogP contribution in [0.4, 0.5) is 5.69 Å². The van der Waals surface area contributed by atoms with Gasteiger partial charge in [0.15, 0.2) is 5.16 Å². The summed E-state index contributed by atoms with van der Waals surface area (Å²) in [6.45, 7) is 2.07. The van der Waals surface area contributed by atoms with Crippen LogP contribution in [0.15, 0.2) is 82.7 Å². The first-order valence-electron chi connectivity index (χ1n) is 10.7. The standard InChI is InChI=1S/C25H22N4O5S/c1-16(23(30)26-15-17-7-13-20(34-2)14-8-17)35-25-27-22-6-4-3-5-21(22)24(31)28(25)18-9-11-19(12-10-18)29(32)33/h3-14,16H,15H2,1-2H3,(H,26,30)/t16-/m0/s1. The smallest absolute Gasteiger partial charge is 0.269 e. The Morgan fingerprint density at radius 2 is 1.80 bits per heavy atom. The summed E-state index contributed by atoms with van der Waals surface area (Å²) in [6.07, 6.45) is 0. The lowest BCUT2D eigenvalue weighted by Crippen LogP contribution is -2.31. The second-order valence-electron chi connectivity index (χ2n) is 7.65. The van der Waals surface area contributed by atoms with Crippen LogP contribution in [0.5, 0.6) is 5.75 Å². The molecule has 178 valence electrons. The van der Waals surface area contributed by atoms with E-state index in [1.807, 2.05) is 24.3 Å². The van der Waals surface area contributed by atoms with Gasteiger partial charge < -0.3 is 10.1 Å². The van der Waals surface area contributed by atoms with Crippen molar-refractivity contribution in [3.63, 3.8) is 0 Å². The number of nitrogens with one attached hydrogen (secondary N) is 1. The van der Waals surface area contributed by atoms with Crippen LogP contribution in [0.2, 0.25) is 0 Å². The quantitative estimate of drug-likeness (QED) is 0.171. The number of methoxy groups -OCH3 is 1. The summed E-state index contributed by atoms with van der Waals surface area (Å²) in [4.78, 5) is 41.3. The van der Waals surface area contributed by atoms with E-state index in [1.54, 1.807) is 38.3 Å².